The van der Waals surface area contributed by atoms with E-state index in [1.54, 1.807) is 0 Å². The highest BCUT2D eigenvalue weighted by molar-refractivity contribution is 5.95. The lowest BCUT2D eigenvalue weighted by Gasteiger charge is -2.21. The van der Waals surface area contributed by atoms with Crippen molar-refractivity contribution < 1.29 is 19.4 Å². The van der Waals surface area contributed by atoms with Gasteiger partial charge in [0.2, 0.25) is 0 Å². The highest BCUT2D eigenvalue weighted by atomic mass is 19.1. The minimum Gasteiger partial charge on any atom is -0.399 e. The van der Waals surface area contributed by atoms with Gasteiger partial charge in [-0.15, -0.1) is 0 Å². The van der Waals surface area contributed by atoms with Crippen LogP contribution in [0.15, 0.2) is 18.2 Å². The van der Waals surface area contributed by atoms with Crippen LogP contribution in [-0.4, -0.2) is 47.3 Å². The van der Waals surface area contributed by atoms with Gasteiger partial charge in [-0.1, -0.05) is 0 Å². The molecule has 17 heavy (non-hydrogen) atoms. The summed E-state index contributed by atoms with van der Waals surface area (Å²) >= 11 is 0. The van der Waals surface area contributed by atoms with Gasteiger partial charge in [0.1, 0.15) is 5.82 Å². The van der Waals surface area contributed by atoms with Crippen molar-refractivity contribution in [2.75, 3.05) is 32.0 Å². The third kappa shape index (κ3) is 3.40. The van der Waals surface area contributed by atoms with E-state index >= 15 is 0 Å². The number of hydrogen-bond donors (Lipinski definition) is 3. The Bertz CT molecular complexity index is 392. The van der Waals surface area contributed by atoms with E-state index in [2.05, 4.69) is 0 Å². The molecule has 1 rings (SSSR count). The van der Waals surface area contributed by atoms with E-state index in [4.69, 9.17) is 15.9 Å². The molecule has 0 aliphatic carbocycles. The third-order valence-corrected chi connectivity index (χ3v) is 2.25. The number of amides is 1. The van der Waals surface area contributed by atoms with Crippen molar-refractivity contribution in [3.63, 3.8) is 0 Å². The number of anilines is 1. The second-order valence-corrected chi connectivity index (χ2v) is 3.48. The Kier molecular flexibility index (Phi) is 4.86. The van der Waals surface area contributed by atoms with Crippen LogP contribution >= 0.6 is 0 Å². The van der Waals surface area contributed by atoms with Gasteiger partial charge in [0.05, 0.1) is 18.8 Å². The molecule has 0 aliphatic heterocycles. The molecule has 1 aromatic rings. The van der Waals surface area contributed by atoms with Crippen molar-refractivity contribution in [3.8, 4) is 0 Å². The van der Waals surface area contributed by atoms with Gasteiger partial charge in [-0.3, -0.25) is 4.79 Å². The fourth-order valence-electron chi connectivity index (χ4n) is 1.43. The molecule has 1 amide bonds. The number of halogens is 1. The van der Waals surface area contributed by atoms with Gasteiger partial charge in [0.15, 0.2) is 0 Å². The van der Waals surface area contributed by atoms with Crippen molar-refractivity contribution in [3.05, 3.63) is 29.6 Å². The first kappa shape index (κ1) is 13.4. The number of aliphatic hydroxyl groups is 2. The Morgan fingerprint density at radius 2 is 1.88 bits per heavy atom. The maximum atomic E-state index is 13.4. The zero-order valence-corrected chi connectivity index (χ0v) is 9.27. The summed E-state index contributed by atoms with van der Waals surface area (Å²) < 4.78 is 13.4. The number of hydrogen-bond acceptors (Lipinski definition) is 4. The van der Waals surface area contributed by atoms with Crippen LogP contribution in [0.25, 0.3) is 0 Å². The Hall–Kier alpha value is -1.66. The molecule has 0 bridgehead atoms. The van der Waals surface area contributed by atoms with Gasteiger partial charge in [-0.2, -0.15) is 0 Å². The van der Waals surface area contributed by atoms with Gasteiger partial charge in [-0.25, -0.2) is 4.39 Å². The number of aliphatic hydroxyl groups excluding tert-OH is 2. The zero-order chi connectivity index (χ0) is 12.8. The molecule has 0 aliphatic rings. The number of carbonyl (C=O) groups is 1. The SMILES string of the molecule is Nc1ccc(F)c(C(=O)N(CCO)CCO)c1. The fourth-order valence-corrected chi connectivity index (χ4v) is 1.43. The number of nitrogens with two attached hydrogens (primary N) is 1. The van der Waals surface area contributed by atoms with Crippen LogP contribution in [0.3, 0.4) is 0 Å². The predicted octanol–water partition coefficient (Wildman–Crippen LogP) is -0.165. The molecule has 0 radical (unpaired) electrons. The maximum Gasteiger partial charge on any atom is 0.257 e. The largest absolute Gasteiger partial charge is 0.399 e. The van der Waals surface area contributed by atoms with E-state index in [-0.39, 0.29) is 37.6 Å². The molecule has 0 atom stereocenters. The Balaban J connectivity index is 2.95. The van der Waals surface area contributed by atoms with Gasteiger partial charge < -0.3 is 20.8 Å². The van der Waals surface area contributed by atoms with E-state index < -0.39 is 11.7 Å². The predicted molar refractivity (Wildman–Crippen MR) is 60.9 cm³/mol. The topological polar surface area (TPSA) is 86.8 Å². The number of benzene rings is 1. The lowest BCUT2D eigenvalue weighted by Crippen LogP contribution is -2.36. The van der Waals surface area contributed by atoms with Gasteiger partial charge in [0, 0.05) is 18.8 Å². The summed E-state index contributed by atoms with van der Waals surface area (Å²) in [5.74, 6) is -1.28. The lowest BCUT2D eigenvalue weighted by atomic mass is 10.1. The standard InChI is InChI=1S/C11H15FN2O3/c12-10-2-1-8(13)7-9(10)11(17)14(3-5-15)4-6-16/h1-2,7,15-16H,3-6,13H2. The molecule has 6 heteroatoms. The van der Waals surface area contributed by atoms with Gasteiger partial charge >= 0.3 is 0 Å². The normalized spacial score (nSPS) is 10.3. The summed E-state index contributed by atoms with van der Waals surface area (Å²) in [5.41, 5.74) is 5.60. The van der Waals surface area contributed by atoms with Crippen LogP contribution in [0.4, 0.5) is 10.1 Å². The molecule has 4 N–H and O–H groups in total. The molecule has 0 aromatic heterocycles. The molecule has 0 fully saturated rings. The molecule has 0 heterocycles. The molecule has 5 nitrogen and oxygen atoms in total. The first-order valence-corrected chi connectivity index (χ1v) is 5.16. The Labute approximate surface area is 98.3 Å². The molecule has 0 unspecified atom stereocenters. The quantitative estimate of drug-likeness (QED) is 0.626. The van der Waals surface area contributed by atoms with Crippen LogP contribution in [-0.2, 0) is 0 Å². The Morgan fingerprint density at radius 3 is 2.41 bits per heavy atom. The van der Waals surface area contributed by atoms with Crippen LogP contribution in [0, 0.1) is 5.82 Å². The monoisotopic (exact) mass is 242 g/mol. The second kappa shape index (κ2) is 6.17. The van der Waals surface area contributed by atoms with Crippen molar-refractivity contribution in [2.24, 2.45) is 0 Å². The summed E-state index contributed by atoms with van der Waals surface area (Å²) in [6, 6.07) is 3.70. The van der Waals surface area contributed by atoms with Gasteiger partial charge in [0.25, 0.3) is 5.91 Å². The average molecular weight is 242 g/mol. The average Bonchev–Trinajstić information content (AvgIpc) is 2.31. The molecular weight excluding hydrogens is 227 g/mol. The van der Waals surface area contributed by atoms with Crippen molar-refractivity contribution in [1.82, 2.24) is 4.90 Å². The maximum absolute atomic E-state index is 13.4. The second-order valence-electron chi connectivity index (χ2n) is 3.48. The molecule has 0 saturated heterocycles. The molecule has 94 valence electrons. The van der Waals surface area contributed by atoms with Gasteiger partial charge in [-0.05, 0) is 18.2 Å². The minimum atomic E-state index is -0.676. The zero-order valence-electron chi connectivity index (χ0n) is 9.27. The summed E-state index contributed by atoms with van der Waals surface area (Å²) in [5, 5.41) is 17.6. The van der Waals surface area contributed by atoms with E-state index in [1.165, 1.54) is 12.1 Å². The van der Waals surface area contributed by atoms with Crippen LogP contribution in [0.2, 0.25) is 0 Å². The van der Waals surface area contributed by atoms with E-state index in [9.17, 15) is 9.18 Å². The molecule has 0 spiro atoms. The van der Waals surface area contributed by atoms with E-state index in [0.29, 0.717) is 0 Å². The molecular formula is C11H15FN2O3. The highest BCUT2D eigenvalue weighted by Gasteiger charge is 2.18. The van der Waals surface area contributed by atoms with Crippen LogP contribution < -0.4 is 5.73 Å². The third-order valence-electron chi connectivity index (χ3n) is 2.25. The fraction of sp³-hybridized carbons (Fsp3) is 0.364. The van der Waals surface area contributed by atoms with Crippen LogP contribution in [0.5, 0.6) is 0 Å². The van der Waals surface area contributed by atoms with Crippen LogP contribution in [0.1, 0.15) is 10.4 Å². The minimum absolute atomic E-state index is 0.0353. The number of carbonyl (C=O) groups excluding carboxylic acids is 1. The number of nitrogen functional groups attached to an aromatic ring is 1. The smallest absolute Gasteiger partial charge is 0.257 e. The van der Waals surface area contributed by atoms with E-state index in [0.717, 1.165) is 11.0 Å². The Morgan fingerprint density at radius 1 is 1.29 bits per heavy atom. The first-order chi connectivity index (χ1) is 8.10. The first-order valence-electron chi connectivity index (χ1n) is 5.16. The van der Waals surface area contributed by atoms with Crippen molar-refractivity contribution >= 4 is 11.6 Å². The number of nitrogens with zero attached hydrogens (tertiary/aromatic N) is 1. The summed E-state index contributed by atoms with van der Waals surface area (Å²) in [4.78, 5) is 13.1. The summed E-state index contributed by atoms with van der Waals surface area (Å²) in [7, 11) is 0. The molecule has 0 saturated carbocycles. The van der Waals surface area contributed by atoms with Crippen molar-refractivity contribution in [2.45, 2.75) is 0 Å². The van der Waals surface area contributed by atoms with E-state index in [1.807, 2.05) is 0 Å². The lowest BCUT2D eigenvalue weighted by molar-refractivity contribution is 0.0680. The number of rotatable bonds is 5. The summed E-state index contributed by atoms with van der Waals surface area (Å²) in [6.07, 6.45) is 0. The molecule has 1 aromatic carbocycles. The summed E-state index contributed by atoms with van der Waals surface area (Å²) in [6.45, 7) is -0.438. The highest BCUT2D eigenvalue weighted by Crippen LogP contribution is 2.14. The van der Waals surface area contributed by atoms with Crippen molar-refractivity contribution in [1.29, 1.82) is 0 Å².